The van der Waals surface area contributed by atoms with Gasteiger partial charge in [-0.15, -0.1) is 11.3 Å². The van der Waals surface area contributed by atoms with Gasteiger partial charge in [-0.3, -0.25) is 4.79 Å². The first-order valence-corrected chi connectivity index (χ1v) is 9.55. The Labute approximate surface area is 155 Å². The Bertz CT molecular complexity index is 765. The summed E-state index contributed by atoms with van der Waals surface area (Å²) in [4.78, 5) is 22.9. The van der Waals surface area contributed by atoms with E-state index in [2.05, 4.69) is 15.3 Å². The van der Waals surface area contributed by atoms with Gasteiger partial charge in [-0.05, 0) is 32.8 Å². The highest BCUT2D eigenvalue weighted by molar-refractivity contribution is 7.13. The van der Waals surface area contributed by atoms with E-state index in [0.717, 1.165) is 24.1 Å². The number of rotatable bonds is 4. The van der Waals surface area contributed by atoms with Gasteiger partial charge < -0.3 is 15.3 Å². The van der Waals surface area contributed by atoms with Crippen molar-refractivity contribution in [3.05, 3.63) is 28.5 Å². The molecular weight excluding hydrogens is 360 g/mol. The van der Waals surface area contributed by atoms with E-state index in [4.69, 9.17) is 11.6 Å². The summed E-state index contributed by atoms with van der Waals surface area (Å²) in [5.41, 5.74) is 2.07. The van der Waals surface area contributed by atoms with Crippen LogP contribution in [0.25, 0.3) is 10.6 Å². The standard InChI is InChI=1S/C17H21ClN4O2S/c1-10(2)20-13-6-15(18)19-7-12(13)16-21-14(9-25-16)17(24)22-5-3-4-11(23)8-22/h6-7,9-11,23H,3-5,8H2,1-2H3,(H,19,20). The van der Waals surface area contributed by atoms with Crippen molar-refractivity contribution in [2.75, 3.05) is 18.4 Å². The molecule has 0 aliphatic carbocycles. The summed E-state index contributed by atoms with van der Waals surface area (Å²) in [6, 6.07) is 1.99. The number of nitrogens with zero attached hydrogens (tertiary/aromatic N) is 3. The predicted molar refractivity (Wildman–Crippen MR) is 100 cm³/mol. The molecule has 2 aromatic heterocycles. The Hall–Kier alpha value is -1.70. The van der Waals surface area contributed by atoms with Crippen molar-refractivity contribution < 1.29 is 9.90 Å². The first kappa shape index (κ1) is 18.1. The summed E-state index contributed by atoms with van der Waals surface area (Å²) < 4.78 is 0. The third-order valence-electron chi connectivity index (χ3n) is 3.95. The summed E-state index contributed by atoms with van der Waals surface area (Å²) in [6.07, 6.45) is 2.78. The van der Waals surface area contributed by atoms with Crippen molar-refractivity contribution in [3.63, 3.8) is 0 Å². The van der Waals surface area contributed by atoms with Gasteiger partial charge in [0.1, 0.15) is 15.9 Å². The molecule has 1 fully saturated rings. The lowest BCUT2D eigenvalue weighted by molar-refractivity contribution is 0.0469. The number of piperidine rings is 1. The smallest absolute Gasteiger partial charge is 0.273 e. The van der Waals surface area contributed by atoms with Crippen molar-refractivity contribution >= 4 is 34.5 Å². The monoisotopic (exact) mass is 380 g/mol. The quantitative estimate of drug-likeness (QED) is 0.796. The normalized spacial score (nSPS) is 17.8. The average Bonchev–Trinajstić information content (AvgIpc) is 3.03. The number of carbonyl (C=O) groups excluding carboxylic acids is 1. The molecule has 1 unspecified atom stereocenters. The molecule has 3 rings (SSSR count). The van der Waals surface area contributed by atoms with E-state index in [1.165, 1.54) is 11.3 Å². The highest BCUT2D eigenvalue weighted by Gasteiger charge is 2.25. The number of likely N-dealkylation sites (tertiary alicyclic amines) is 1. The zero-order valence-corrected chi connectivity index (χ0v) is 15.8. The maximum Gasteiger partial charge on any atom is 0.273 e. The molecule has 1 amide bonds. The molecule has 3 heterocycles. The Morgan fingerprint density at radius 1 is 1.52 bits per heavy atom. The molecule has 25 heavy (non-hydrogen) atoms. The molecule has 0 radical (unpaired) electrons. The third kappa shape index (κ3) is 4.29. The van der Waals surface area contributed by atoms with Gasteiger partial charge in [0.05, 0.1) is 11.7 Å². The largest absolute Gasteiger partial charge is 0.391 e. The molecule has 2 aromatic rings. The molecule has 0 spiro atoms. The van der Waals surface area contributed by atoms with Crippen molar-refractivity contribution in [1.82, 2.24) is 14.9 Å². The molecule has 6 nitrogen and oxygen atoms in total. The van der Waals surface area contributed by atoms with Crippen LogP contribution in [0.2, 0.25) is 5.15 Å². The van der Waals surface area contributed by atoms with Crippen LogP contribution in [0.4, 0.5) is 5.69 Å². The minimum atomic E-state index is -0.446. The fourth-order valence-corrected chi connectivity index (χ4v) is 3.80. The topological polar surface area (TPSA) is 78.4 Å². The number of anilines is 1. The molecule has 1 aliphatic heterocycles. The highest BCUT2D eigenvalue weighted by Crippen LogP contribution is 2.32. The number of aromatic nitrogens is 2. The minimum Gasteiger partial charge on any atom is -0.391 e. The van der Waals surface area contributed by atoms with Gasteiger partial charge >= 0.3 is 0 Å². The second kappa shape index (κ2) is 7.68. The van der Waals surface area contributed by atoms with Gasteiger partial charge in [-0.1, -0.05) is 11.6 Å². The average molecular weight is 381 g/mol. The first-order valence-electron chi connectivity index (χ1n) is 8.29. The second-order valence-corrected chi connectivity index (χ2v) is 7.68. The van der Waals surface area contributed by atoms with E-state index >= 15 is 0 Å². The van der Waals surface area contributed by atoms with Crippen molar-refractivity contribution in [2.45, 2.75) is 38.8 Å². The Morgan fingerprint density at radius 3 is 3.04 bits per heavy atom. The van der Waals surface area contributed by atoms with Crippen LogP contribution >= 0.6 is 22.9 Å². The number of hydrogen-bond acceptors (Lipinski definition) is 6. The van der Waals surface area contributed by atoms with E-state index < -0.39 is 6.10 Å². The molecule has 0 bridgehead atoms. The second-order valence-electron chi connectivity index (χ2n) is 6.44. The Morgan fingerprint density at radius 2 is 2.32 bits per heavy atom. The van der Waals surface area contributed by atoms with Crippen LogP contribution in [0.5, 0.6) is 0 Å². The van der Waals surface area contributed by atoms with Crippen molar-refractivity contribution in [3.8, 4) is 10.6 Å². The highest BCUT2D eigenvalue weighted by atomic mass is 35.5. The number of carbonyl (C=O) groups is 1. The third-order valence-corrected chi connectivity index (χ3v) is 5.03. The SMILES string of the molecule is CC(C)Nc1cc(Cl)ncc1-c1nc(C(=O)N2CCCC(O)C2)cs1. The molecular formula is C17H21ClN4O2S. The fraction of sp³-hybridized carbons (Fsp3) is 0.471. The number of nitrogens with one attached hydrogen (secondary N) is 1. The number of β-amino-alcohol motifs (C(OH)–C–C–N with tert-alkyl or cyclic N) is 1. The zero-order chi connectivity index (χ0) is 18.0. The van der Waals surface area contributed by atoms with Crippen LogP contribution < -0.4 is 5.32 Å². The molecule has 8 heteroatoms. The van der Waals surface area contributed by atoms with Gasteiger partial charge in [0.15, 0.2) is 0 Å². The number of amides is 1. The van der Waals surface area contributed by atoms with Crippen LogP contribution in [0.1, 0.15) is 37.2 Å². The van der Waals surface area contributed by atoms with E-state index in [1.807, 2.05) is 13.8 Å². The molecule has 134 valence electrons. The van der Waals surface area contributed by atoms with Crippen molar-refractivity contribution in [1.29, 1.82) is 0 Å². The molecule has 2 N–H and O–H groups in total. The minimum absolute atomic E-state index is 0.137. The van der Waals surface area contributed by atoms with Gasteiger partial charge in [-0.25, -0.2) is 9.97 Å². The molecule has 1 saturated heterocycles. The van der Waals surface area contributed by atoms with Gasteiger partial charge in [0.25, 0.3) is 5.91 Å². The Balaban J connectivity index is 1.85. The number of halogens is 1. The van der Waals surface area contributed by atoms with E-state index in [1.54, 1.807) is 22.5 Å². The number of aliphatic hydroxyl groups excluding tert-OH is 1. The maximum atomic E-state index is 12.6. The van der Waals surface area contributed by atoms with Crippen LogP contribution in [-0.2, 0) is 0 Å². The van der Waals surface area contributed by atoms with Gasteiger partial charge in [0, 0.05) is 36.4 Å². The van der Waals surface area contributed by atoms with Crippen LogP contribution in [0, 0.1) is 0 Å². The summed E-state index contributed by atoms with van der Waals surface area (Å²) in [5.74, 6) is -0.137. The Kier molecular flexibility index (Phi) is 5.56. The number of pyridine rings is 1. The zero-order valence-electron chi connectivity index (χ0n) is 14.2. The van der Waals surface area contributed by atoms with E-state index in [0.29, 0.717) is 28.9 Å². The molecule has 0 aromatic carbocycles. The van der Waals surface area contributed by atoms with Crippen LogP contribution in [0.15, 0.2) is 17.6 Å². The first-order chi connectivity index (χ1) is 11.9. The van der Waals surface area contributed by atoms with Crippen LogP contribution in [-0.4, -0.2) is 51.1 Å². The number of aliphatic hydroxyl groups is 1. The number of thiazole rings is 1. The lowest BCUT2D eigenvalue weighted by Gasteiger charge is -2.29. The number of hydrogen-bond donors (Lipinski definition) is 2. The van der Waals surface area contributed by atoms with E-state index in [-0.39, 0.29) is 11.9 Å². The lowest BCUT2D eigenvalue weighted by atomic mass is 10.1. The van der Waals surface area contributed by atoms with Crippen molar-refractivity contribution in [2.24, 2.45) is 0 Å². The summed E-state index contributed by atoms with van der Waals surface area (Å²) >= 11 is 7.40. The molecule has 1 aliphatic rings. The molecule has 0 saturated carbocycles. The maximum absolute atomic E-state index is 12.6. The predicted octanol–water partition coefficient (Wildman–Crippen LogP) is 3.28. The van der Waals surface area contributed by atoms with E-state index in [9.17, 15) is 9.90 Å². The van der Waals surface area contributed by atoms with Gasteiger partial charge in [0.2, 0.25) is 0 Å². The van der Waals surface area contributed by atoms with Crippen LogP contribution in [0.3, 0.4) is 0 Å². The molecule has 1 atom stereocenters. The summed E-state index contributed by atoms with van der Waals surface area (Å²) in [7, 11) is 0. The summed E-state index contributed by atoms with van der Waals surface area (Å²) in [5, 5.41) is 16.0. The van der Waals surface area contributed by atoms with Gasteiger partial charge in [-0.2, -0.15) is 0 Å². The lowest BCUT2D eigenvalue weighted by Crippen LogP contribution is -2.42. The fourth-order valence-electron chi connectivity index (χ4n) is 2.83. The summed E-state index contributed by atoms with van der Waals surface area (Å²) in [6.45, 7) is 5.10.